The zero-order valence-electron chi connectivity index (χ0n) is 19.5. The summed E-state index contributed by atoms with van der Waals surface area (Å²) in [5.41, 5.74) is 1.34. The van der Waals surface area contributed by atoms with E-state index in [4.69, 9.17) is 11.6 Å². The Morgan fingerprint density at radius 1 is 1.03 bits per heavy atom. The highest BCUT2D eigenvalue weighted by atomic mass is 35.5. The fourth-order valence-electron chi connectivity index (χ4n) is 4.11. The van der Waals surface area contributed by atoms with Crippen LogP contribution in [0.5, 0.6) is 0 Å². The van der Waals surface area contributed by atoms with Crippen LogP contribution in [0.25, 0.3) is 0 Å². The molecule has 1 unspecified atom stereocenters. The van der Waals surface area contributed by atoms with Gasteiger partial charge in [-0.15, -0.1) is 0 Å². The fraction of sp³-hybridized carbons (Fsp3) is 0.423. The first-order chi connectivity index (χ1) is 16.2. The van der Waals surface area contributed by atoms with Crippen molar-refractivity contribution in [3.8, 4) is 0 Å². The quantitative estimate of drug-likeness (QED) is 0.586. The smallest absolute Gasteiger partial charge is 0.253 e. The predicted molar refractivity (Wildman–Crippen MR) is 130 cm³/mol. The number of nitrogens with zero attached hydrogens (tertiary/aromatic N) is 1. The van der Waals surface area contributed by atoms with Crippen LogP contribution in [0.15, 0.2) is 48.5 Å². The molecule has 2 aromatic rings. The highest BCUT2D eigenvalue weighted by Gasteiger charge is 2.34. The molecule has 2 N–H and O–H groups in total. The molecule has 6 nitrogen and oxygen atoms in total. The van der Waals surface area contributed by atoms with Crippen molar-refractivity contribution in [2.24, 2.45) is 11.8 Å². The molecule has 0 aromatic heterocycles. The summed E-state index contributed by atoms with van der Waals surface area (Å²) < 4.78 is 13.2. The Morgan fingerprint density at radius 3 is 2.24 bits per heavy atom. The van der Waals surface area contributed by atoms with E-state index in [2.05, 4.69) is 10.6 Å². The van der Waals surface area contributed by atoms with E-state index in [1.165, 1.54) is 12.1 Å². The van der Waals surface area contributed by atoms with Crippen molar-refractivity contribution in [1.82, 2.24) is 15.5 Å². The molecule has 1 aliphatic heterocycles. The first kappa shape index (κ1) is 25.7. The fourth-order valence-corrected chi connectivity index (χ4v) is 4.24. The molecular weight excluding hydrogens is 457 g/mol. The van der Waals surface area contributed by atoms with Gasteiger partial charge in [0.1, 0.15) is 11.9 Å². The van der Waals surface area contributed by atoms with Gasteiger partial charge in [-0.2, -0.15) is 0 Å². The number of piperidine rings is 1. The molecular formula is C26H31ClFN3O3. The van der Waals surface area contributed by atoms with Gasteiger partial charge in [0.05, 0.1) is 0 Å². The van der Waals surface area contributed by atoms with Gasteiger partial charge in [-0.3, -0.25) is 14.4 Å². The molecule has 0 spiro atoms. The Kier molecular flexibility index (Phi) is 9.05. The van der Waals surface area contributed by atoms with Crippen LogP contribution in [0.1, 0.15) is 49.0 Å². The van der Waals surface area contributed by atoms with E-state index in [1.54, 1.807) is 41.3 Å². The molecule has 3 amide bonds. The topological polar surface area (TPSA) is 78.5 Å². The zero-order valence-corrected chi connectivity index (χ0v) is 20.3. The van der Waals surface area contributed by atoms with Crippen molar-refractivity contribution in [1.29, 1.82) is 0 Å². The van der Waals surface area contributed by atoms with Crippen molar-refractivity contribution in [3.05, 3.63) is 70.5 Å². The molecule has 1 saturated heterocycles. The van der Waals surface area contributed by atoms with Gasteiger partial charge in [0.2, 0.25) is 11.8 Å². The van der Waals surface area contributed by atoms with Crippen LogP contribution in [-0.2, 0) is 16.1 Å². The number of nitrogens with one attached hydrogen (secondary N) is 2. The maximum absolute atomic E-state index is 13.2. The van der Waals surface area contributed by atoms with Crippen molar-refractivity contribution in [2.45, 2.75) is 45.7 Å². The number of carbonyl (C=O) groups is 3. The first-order valence-corrected chi connectivity index (χ1v) is 12.0. The van der Waals surface area contributed by atoms with Gasteiger partial charge in [-0.1, -0.05) is 37.6 Å². The number of halogens is 2. The van der Waals surface area contributed by atoms with Crippen molar-refractivity contribution < 1.29 is 18.8 Å². The second-order valence-corrected chi connectivity index (χ2v) is 9.56. The minimum Gasteiger partial charge on any atom is -0.350 e. The summed E-state index contributed by atoms with van der Waals surface area (Å²) in [5.74, 6) is -0.786. The second-order valence-electron chi connectivity index (χ2n) is 9.12. The Bertz CT molecular complexity index is 987. The van der Waals surface area contributed by atoms with Crippen LogP contribution in [0, 0.1) is 17.7 Å². The van der Waals surface area contributed by atoms with Gasteiger partial charge < -0.3 is 15.5 Å². The Labute approximate surface area is 204 Å². The number of hydrogen-bond donors (Lipinski definition) is 2. The normalized spacial score (nSPS) is 15.1. The van der Waals surface area contributed by atoms with Gasteiger partial charge in [-0.25, -0.2) is 4.39 Å². The van der Waals surface area contributed by atoms with E-state index in [0.717, 1.165) is 5.56 Å². The summed E-state index contributed by atoms with van der Waals surface area (Å²) in [6.07, 6.45) is 1.52. The highest BCUT2D eigenvalue weighted by Crippen LogP contribution is 2.23. The molecule has 8 heteroatoms. The standard InChI is InChI=1S/C26H31ClFN3O3/c1-17(2)15-23(32)30-24(25(33)29-16-18-3-9-22(28)10-4-18)19-11-13-31(14-12-19)26(34)20-5-7-21(27)8-6-20/h3-10,17,19,24H,11-16H2,1-2H3,(H,29,33)(H,30,32). The van der Waals surface area contributed by atoms with Crippen LogP contribution < -0.4 is 10.6 Å². The molecule has 0 saturated carbocycles. The number of hydrogen-bond acceptors (Lipinski definition) is 3. The maximum Gasteiger partial charge on any atom is 0.253 e. The van der Waals surface area contributed by atoms with Crippen molar-refractivity contribution >= 4 is 29.3 Å². The largest absolute Gasteiger partial charge is 0.350 e. The molecule has 0 bridgehead atoms. The lowest BCUT2D eigenvalue weighted by Crippen LogP contribution is -2.53. The Balaban J connectivity index is 1.63. The van der Waals surface area contributed by atoms with E-state index >= 15 is 0 Å². The molecule has 0 radical (unpaired) electrons. The molecule has 3 rings (SSSR count). The molecule has 0 aliphatic carbocycles. The van der Waals surface area contributed by atoms with Gasteiger partial charge in [-0.05, 0) is 66.6 Å². The lowest BCUT2D eigenvalue weighted by Gasteiger charge is -2.36. The molecule has 1 heterocycles. The molecule has 1 aliphatic rings. The van der Waals surface area contributed by atoms with Gasteiger partial charge >= 0.3 is 0 Å². The summed E-state index contributed by atoms with van der Waals surface area (Å²) in [6.45, 7) is 5.12. The number of rotatable bonds is 8. The van der Waals surface area contributed by atoms with E-state index in [9.17, 15) is 18.8 Å². The van der Waals surface area contributed by atoms with E-state index in [0.29, 0.717) is 42.9 Å². The van der Waals surface area contributed by atoms with Crippen LogP contribution in [0.2, 0.25) is 5.02 Å². The molecule has 182 valence electrons. The third-order valence-electron chi connectivity index (χ3n) is 5.96. The molecule has 1 atom stereocenters. The van der Waals surface area contributed by atoms with E-state index in [1.807, 2.05) is 13.8 Å². The van der Waals surface area contributed by atoms with Crippen LogP contribution >= 0.6 is 11.6 Å². The average molecular weight is 488 g/mol. The monoisotopic (exact) mass is 487 g/mol. The van der Waals surface area contributed by atoms with Gasteiger partial charge in [0, 0.05) is 36.6 Å². The number of amides is 3. The minimum absolute atomic E-state index is 0.0729. The number of likely N-dealkylation sites (tertiary alicyclic amines) is 1. The summed E-state index contributed by atoms with van der Waals surface area (Å²) in [4.78, 5) is 40.2. The molecule has 34 heavy (non-hydrogen) atoms. The third-order valence-corrected chi connectivity index (χ3v) is 6.21. The van der Waals surface area contributed by atoms with Crippen molar-refractivity contribution in [3.63, 3.8) is 0 Å². The molecule has 2 aromatic carbocycles. The third kappa shape index (κ3) is 7.29. The lowest BCUT2D eigenvalue weighted by atomic mass is 9.88. The summed E-state index contributed by atoms with van der Waals surface area (Å²) >= 11 is 5.92. The van der Waals surface area contributed by atoms with Crippen molar-refractivity contribution in [2.75, 3.05) is 13.1 Å². The Morgan fingerprint density at radius 2 is 1.65 bits per heavy atom. The zero-order chi connectivity index (χ0) is 24.7. The van der Waals surface area contributed by atoms with E-state index in [-0.39, 0.29) is 41.9 Å². The summed E-state index contributed by atoms with van der Waals surface area (Å²) in [5, 5.41) is 6.36. The predicted octanol–water partition coefficient (Wildman–Crippen LogP) is 4.18. The number of benzene rings is 2. The Hall–Kier alpha value is -2.93. The lowest BCUT2D eigenvalue weighted by molar-refractivity contribution is -0.131. The first-order valence-electron chi connectivity index (χ1n) is 11.6. The van der Waals surface area contributed by atoms with E-state index < -0.39 is 6.04 Å². The number of carbonyl (C=O) groups excluding carboxylic acids is 3. The highest BCUT2D eigenvalue weighted by molar-refractivity contribution is 6.30. The SMILES string of the molecule is CC(C)CC(=O)NC(C(=O)NCc1ccc(F)cc1)C1CCN(C(=O)c2ccc(Cl)cc2)CC1. The minimum atomic E-state index is -0.695. The molecule has 1 fully saturated rings. The van der Waals surface area contributed by atoms with Crippen LogP contribution in [-0.4, -0.2) is 41.8 Å². The summed E-state index contributed by atoms with van der Waals surface area (Å²) in [7, 11) is 0. The maximum atomic E-state index is 13.2. The van der Waals surface area contributed by atoms with Gasteiger partial charge in [0.25, 0.3) is 5.91 Å². The van der Waals surface area contributed by atoms with Crippen LogP contribution in [0.3, 0.4) is 0 Å². The average Bonchev–Trinajstić information content (AvgIpc) is 2.82. The van der Waals surface area contributed by atoms with Gasteiger partial charge in [0.15, 0.2) is 0 Å². The summed E-state index contributed by atoms with van der Waals surface area (Å²) in [6, 6.07) is 12.0. The van der Waals surface area contributed by atoms with Crippen LogP contribution in [0.4, 0.5) is 4.39 Å². The second kappa shape index (κ2) is 12.0.